The second kappa shape index (κ2) is 8.78. The van der Waals surface area contributed by atoms with E-state index in [2.05, 4.69) is 9.05 Å². The standard InChI is InChI=1S/C13H14F13O5PS/c1-7(4-30-32(27,28)31-5-7)6-33(29)3-2-8(14,15)9(16,17)10(18,19)11(20,21)12(22,23)13(24,25)26/h2-6H2,1H3,(H,27,28). The van der Waals surface area contributed by atoms with E-state index in [-0.39, 0.29) is 0 Å². The van der Waals surface area contributed by atoms with Gasteiger partial charge in [-0.05, 0) is 0 Å². The molecule has 0 spiro atoms. The van der Waals surface area contributed by atoms with Gasteiger partial charge in [0.25, 0.3) is 0 Å². The van der Waals surface area contributed by atoms with Crippen LogP contribution in [0.15, 0.2) is 0 Å². The van der Waals surface area contributed by atoms with Crippen LogP contribution in [0.2, 0.25) is 0 Å². The largest absolute Gasteiger partial charge is 0.472 e. The quantitative estimate of drug-likeness (QED) is 0.317. The molecule has 1 aliphatic heterocycles. The topological polar surface area (TPSA) is 72.8 Å². The van der Waals surface area contributed by atoms with Crippen LogP contribution in [0.4, 0.5) is 57.1 Å². The van der Waals surface area contributed by atoms with Crippen LogP contribution in [-0.2, 0) is 24.4 Å². The molecule has 1 heterocycles. The second-order valence-electron chi connectivity index (χ2n) is 7.36. The molecule has 1 rings (SSSR count). The maximum Gasteiger partial charge on any atom is 0.472 e. The lowest BCUT2D eigenvalue weighted by atomic mass is 9.93. The average molecular weight is 560 g/mol. The Labute approximate surface area is 178 Å². The lowest BCUT2D eigenvalue weighted by Gasteiger charge is -2.39. The molecule has 0 bridgehead atoms. The Morgan fingerprint density at radius 2 is 1.21 bits per heavy atom. The van der Waals surface area contributed by atoms with Crippen molar-refractivity contribution in [2.75, 3.05) is 24.7 Å². The molecule has 0 aromatic heterocycles. The summed E-state index contributed by atoms with van der Waals surface area (Å²) in [5.74, 6) is -39.9. The Balaban J connectivity index is 3.02. The molecule has 0 radical (unpaired) electrons. The molecule has 0 aromatic carbocycles. The molecular weight excluding hydrogens is 546 g/mol. The zero-order valence-electron chi connectivity index (χ0n) is 15.9. The molecule has 0 aromatic rings. The van der Waals surface area contributed by atoms with E-state index in [4.69, 9.17) is 4.89 Å². The first kappa shape index (κ1) is 30.4. The van der Waals surface area contributed by atoms with Crippen molar-refractivity contribution >= 4 is 18.6 Å². The lowest BCUT2D eigenvalue weighted by Crippen LogP contribution is -2.70. The molecule has 198 valence electrons. The Kier molecular flexibility index (Phi) is 8.08. The molecule has 5 nitrogen and oxygen atoms in total. The predicted octanol–water partition coefficient (Wildman–Crippen LogP) is 5.02. The van der Waals surface area contributed by atoms with Gasteiger partial charge in [-0.3, -0.25) is 13.3 Å². The van der Waals surface area contributed by atoms with Crippen LogP contribution in [0.5, 0.6) is 0 Å². The van der Waals surface area contributed by atoms with E-state index in [0.29, 0.717) is 0 Å². The van der Waals surface area contributed by atoms with Crippen molar-refractivity contribution < 1.29 is 79.8 Å². The summed E-state index contributed by atoms with van der Waals surface area (Å²) >= 11 is 0. The minimum absolute atomic E-state index is 0.657. The molecule has 1 fully saturated rings. The summed E-state index contributed by atoms with van der Waals surface area (Å²) in [6, 6.07) is 0. The van der Waals surface area contributed by atoms with Gasteiger partial charge in [0.1, 0.15) is 0 Å². The maximum atomic E-state index is 13.7. The van der Waals surface area contributed by atoms with Gasteiger partial charge in [0.2, 0.25) is 0 Å². The molecule has 1 aliphatic rings. The van der Waals surface area contributed by atoms with Crippen LogP contribution in [0.3, 0.4) is 0 Å². The molecule has 20 heteroatoms. The highest BCUT2D eigenvalue weighted by molar-refractivity contribution is 7.85. The summed E-state index contributed by atoms with van der Waals surface area (Å²) in [5, 5.41) is 0. The molecule has 0 aliphatic carbocycles. The zero-order valence-corrected chi connectivity index (χ0v) is 17.6. The maximum absolute atomic E-state index is 13.7. The Hall–Kier alpha value is -0.650. The second-order valence-corrected chi connectivity index (χ2v) is 10.4. The van der Waals surface area contributed by atoms with Crippen LogP contribution in [0.25, 0.3) is 0 Å². The van der Waals surface area contributed by atoms with Gasteiger partial charge in [-0.2, -0.15) is 57.1 Å². The van der Waals surface area contributed by atoms with Gasteiger partial charge in [-0.15, -0.1) is 0 Å². The highest BCUT2D eigenvalue weighted by Gasteiger charge is 2.90. The summed E-state index contributed by atoms with van der Waals surface area (Å²) in [6.45, 7) is -0.156. The first-order valence-corrected chi connectivity index (χ1v) is 11.2. The first-order valence-electron chi connectivity index (χ1n) is 8.19. The van der Waals surface area contributed by atoms with E-state index in [9.17, 15) is 65.8 Å². The highest BCUT2D eigenvalue weighted by Crippen LogP contribution is 2.60. The van der Waals surface area contributed by atoms with Crippen molar-refractivity contribution in [1.29, 1.82) is 0 Å². The van der Waals surface area contributed by atoms with Crippen LogP contribution in [0, 0.1) is 5.41 Å². The SMILES string of the molecule is CC1(CS(=O)CCC(F)(F)C(F)(F)C(F)(F)C(F)(F)C(F)(F)C(F)(F)F)COP(=O)(O)OC1. The number of phosphoric acid groups is 1. The Morgan fingerprint density at radius 3 is 1.61 bits per heavy atom. The fourth-order valence-corrected chi connectivity index (χ4v) is 4.90. The number of hydrogen-bond donors (Lipinski definition) is 1. The third-order valence-corrected chi connectivity index (χ3v) is 6.89. The fourth-order valence-electron chi connectivity index (χ4n) is 2.30. The summed E-state index contributed by atoms with van der Waals surface area (Å²) in [7, 11) is -7.10. The normalized spacial score (nSPS) is 27.5. The van der Waals surface area contributed by atoms with Crippen molar-refractivity contribution in [3.05, 3.63) is 0 Å². The summed E-state index contributed by atoms with van der Waals surface area (Å²) in [5.41, 5.74) is -1.44. The van der Waals surface area contributed by atoms with Gasteiger partial charge in [-0.1, -0.05) is 6.92 Å². The van der Waals surface area contributed by atoms with Crippen molar-refractivity contribution in [2.45, 2.75) is 49.1 Å². The molecule has 1 N–H and O–H groups in total. The number of halogens is 13. The summed E-state index contributed by atoms with van der Waals surface area (Å²) in [4.78, 5) is 8.99. The minimum Gasteiger partial charge on any atom is -0.302 e. The van der Waals surface area contributed by atoms with Gasteiger partial charge >= 0.3 is 43.6 Å². The molecule has 33 heavy (non-hydrogen) atoms. The average Bonchev–Trinajstić information content (AvgIpc) is 2.61. The lowest BCUT2D eigenvalue weighted by molar-refractivity contribution is -0.439. The molecule has 0 saturated carbocycles. The van der Waals surface area contributed by atoms with E-state index in [1.165, 1.54) is 0 Å². The monoisotopic (exact) mass is 560 g/mol. The van der Waals surface area contributed by atoms with Crippen molar-refractivity contribution in [3.8, 4) is 0 Å². The third-order valence-electron chi connectivity index (χ3n) is 4.30. The minimum atomic E-state index is -7.99. The highest BCUT2D eigenvalue weighted by atomic mass is 32.2. The van der Waals surface area contributed by atoms with E-state index in [1.807, 2.05) is 0 Å². The van der Waals surface area contributed by atoms with Crippen LogP contribution < -0.4 is 0 Å². The molecule has 1 atom stereocenters. The molecular formula is C13H14F13O5PS. The van der Waals surface area contributed by atoms with Crippen LogP contribution in [0.1, 0.15) is 13.3 Å². The van der Waals surface area contributed by atoms with E-state index in [0.717, 1.165) is 6.92 Å². The number of alkyl halides is 13. The van der Waals surface area contributed by atoms with Crippen molar-refractivity contribution in [2.24, 2.45) is 5.41 Å². The molecule has 0 amide bonds. The summed E-state index contributed by atoms with van der Waals surface area (Å²) in [6.07, 6.45) is -10.1. The van der Waals surface area contributed by atoms with E-state index >= 15 is 0 Å². The van der Waals surface area contributed by atoms with Crippen LogP contribution in [-0.4, -0.2) is 69.6 Å². The number of phosphoric ester groups is 1. The smallest absolute Gasteiger partial charge is 0.302 e. The van der Waals surface area contributed by atoms with Crippen molar-refractivity contribution in [1.82, 2.24) is 0 Å². The Bertz CT molecular complexity index is 788. The zero-order chi connectivity index (χ0) is 26.5. The van der Waals surface area contributed by atoms with Crippen LogP contribution >= 0.6 is 7.82 Å². The number of hydrogen-bond acceptors (Lipinski definition) is 4. The number of rotatable bonds is 9. The third kappa shape index (κ3) is 5.62. The van der Waals surface area contributed by atoms with Gasteiger partial charge in [-0.25, -0.2) is 4.57 Å². The van der Waals surface area contributed by atoms with Gasteiger partial charge < -0.3 is 4.89 Å². The van der Waals surface area contributed by atoms with Gasteiger partial charge in [0.15, 0.2) is 0 Å². The van der Waals surface area contributed by atoms with Crippen molar-refractivity contribution in [3.63, 3.8) is 0 Å². The van der Waals surface area contributed by atoms with E-state index < -0.39 is 91.0 Å². The van der Waals surface area contributed by atoms with Gasteiger partial charge in [0.05, 0.1) is 13.2 Å². The Morgan fingerprint density at radius 1 is 0.818 bits per heavy atom. The molecule has 1 unspecified atom stereocenters. The predicted molar refractivity (Wildman–Crippen MR) is 83.1 cm³/mol. The van der Waals surface area contributed by atoms with Gasteiger partial charge in [0, 0.05) is 34.1 Å². The molecule has 1 saturated heterocycles. The summed E-state index contributed by atoms with van der Waals surface area (Å²) < 4.78 is 201. The fraction of sp³-hybridized carbons (Fsp3) is 1.00. The van der Waals surface area contributed by atoms with E-state index in [1.54, 1.807) is 0 Å². The first-order chi connectivity index (χ1) is 14.3.